The monoisotopic (exact) mass is 356 g/mol. The van der Waals surface area contributed by atoms with Gasteiger partial charge in [-0.05, 0) is 12.8 Å². The predicted molar refractivity (Wildman–Crippen MR) is 67.0 cm³/mol. The van der Waals surface area contributed by atoms with E-state index < -0.39 is 20.2 Å². The molecule has 2 N–H and O–H groups in total. The van der Waals surface area contributed by atoms with E-state index in [-0.39, 0.29) is 70.6 Å². The molecular formula is C6H14Na2O6S4+2. The third-order valence-corrected chi connectivity index (χ3v) is 5.53. The summed E-state index contributed by atoms with van der Waals surface area (Å²) >= 11 is 0. The number of hydrogen-bond donors (Lipinski definition) is 2. The summed E-state index contributed by atoms with van der Waals surface area (Å²) in [6.07, 6.45) is 0.712. The molecule has 0 amide bonds. The van der Waals surface area contributed by atoms with E-state index in [4.69, 9.17) is 9.11 Å². The minimum absolute atomic E-state index is 0. The molecule has 0 rings (SSSR count). The molecule has 0 aliphatic heterocycles. The van der Waals surface area contributed by atoms with Crippen LogP contribution in [0.25, 0.3) is 0 Å². The van der Waals surface area contributed by atoms with Crippen LogP contribution in [0.4, 0.5) is 0 Å². The maximum Gasteiger partial charge on any atom is 1.00 e. The van der Waals surface area contributed by atoms with Crippen molar-refractivity contribution in [1.29, 1.82) is 0 Å². The van der Waals surface area contributed by atoms with Crippen LogP contribution >= 0.6 is 21.6 Å². The van der Waals surface area contributed by atoms with Crippen LogP contribution in [0.3, 0.4) is 0 Å². The summed E-state index contributed by atoms with van der Waals surface area (Å²) in [4.78, 5) is 0. The van der Waals surface area contributed by atoms with Crippen LogP contribution in [0.1, 0.15) is 12.8 Å². The maximum absolute atomic E-state index is 10.3. The van der Waals surface area contributed by atoms with E-state index in [1.54, 1.807) is 0 Å². The van der Waals surface area contributed by atoms with E-state index in [2.05, 4.69) is 0 Å². The molecule has 0 aromatic carbocycles. The average Bonchev–Trinajstić information content (AvgIpc) is 2.06. The molecule has 0 aliphatic rings. The molecule has 12 heteroatoms. The molecule has 0 aromatic rings. The molecule has 18 heavy (non-hydrogen) atoms. The second-order valence-electron chi connectivity index (χ2n) is 2.92. The Kier molecular flexibility index (Phi) is 18.7. The predicted octanol–water partition coefficient (Wildman–Crippen LogP) is -5.07. The molecule has 0 unspecified atom stereocenters. The Morgan fingerprint density at radius 2 is 1.00 bits per heavy atom. The van der Waals surface area contributed by atoms with Crippen molar-refractivity contribution >= 4 is 41.8 Å². The van der Waals surface area contributed by atoms with Crippen LogP contribution < -0.4 is 59.1 Å². The smallest absolute Gasteiger partial charge is 0.286 e. The molecular weight excluding hydrogens is 342 g/mol. The molecule has 0 saturated carbocycles. The molecule has 6 nitrogen and oxygen atoms in total. The van der Waals surface area contributed by atoms with Crippen molar-refractivity contribution in [3.05, 3.63) is 0 Å². The number of hydrogen-bond acceptors (Lipinski definition) is 6. The van der Waals surface area contributed by atoms with Gasteiger partial charge in [0.1, 0.15) is 0 Å². The van der Waals surface area contributed by atoms with Crippen LogP contribution in [0.2, 0.25) is 0 Å². The van der Waals surface area contributed by atoms with Crippen molar-refractivity contribution in [2.24, 2.45) is 0 Å². The van der Waals surface area contributed by atoms with E-state index >= 15 is 0 Å². The topological polar surface area (TPSA) is 109 Å². The van der Waals surface area contributed by atoms with Crippen molar-refractivity contribution in [2.75, 3.05) is 23.0 Å². The van der Waals surface area contributed by atoms with Gasteiger partial charge in [-0.1, -0.05) is 21.6 Å². The number of rotatable bonds is 9. The molecule has 0 aromatic heterocycles. The van der Waals surface area contributed by atoms with Gasteiger partial charge in [0, 0.05) is 11.5 Å². The fourth-order valence-electron chi connectivity index (χ4n) is 0.718. The van der Waals surface area contributed by atoms with Gasteiger partial charge in [0.05, 0.1) is 11.5 Å². The zero-order valence-corrected chi connectivity index (χ0v) is 17.7. The van der Waals surface area contributed by atoms with Crippen molar-refractivity contribution < 1.29 is 85.1 Å². The summed E-state index contributed by atoms with van der Waals surface area (Å²) in [5, 5.41) is 0. The summed E-state index contributed by atoms with van der Waals surface area (Å²) in [6.45, 7) is 0. The molecule has 0 aliphatic carbocycles. The van der Waals surface area contributed by atoms with Gasteiger partial charge in [-0.3, -0.25) is 9.11 Å². The third-order valence-electron chi connectivity index (χ3n) is 1.34. The molecule has 0 heterocycles. The average molecular weight is 356 g/mol. The van der Waals surface area contributed by atoms with Gasteiger partial charge in [-0.25, -0.2) is 0 Å². The molecule has 0 bridgehead atoms. The molecule has 0 saturated heterocycles. The molecule has 0 radical (unpaired) electrons. The normalized spacial score (nSPS) is 11.4. The fourth-order valence-corrected chi connectivity index (χ4v) is 4.28. The first-order valence-corrected chi connectivity index (χ1v) is 10.1. The van der Waals surface area contributed by atoms with Crippen molar-refractivity contribution in [3.63, 3.8) is 0 Å². The second-order valence-corrected chi connectivity index (χ2v) is 8.77. The maximum atomic E-state index is 10.3. The van der Waals surface area contributed by atoms with Crippen LogP contribution in [-0.4, -0.2) is 49.0 Å². The Morgan fingerprint density at radius 3 is 1.22 bits per heavy atom. The van der Waals surface area contributed by atoms with E-state index in [0.29, 0.717) is 24.3 Å². The minimum atomic E-state index is -3.88. The van der Waals surface area contributed by atoms with Gasteiger partial charge in [-0.15, -0.1) is 0 Å². The Hall–Kier alpha value is 2.52. The fraction of sp³-hybridized carbons (Fsp3) is 1.00. The summed E-state index contributed by atoms with van der Waals surface area (Å²) in [5.74, 6) is 0.615. The van der Waals surface area contributed by atoms with Crippen LogP contribution in [0, 0.1) is 0 Å². The van der Waals surface area contributed by atoms with Crippen LogP contribution in [-0.2, 0) is 20.2 Å². The Morgan fingerprint density at radius 1 is 0.722 bits per heavy atom. The summed E-state index contributed by atoms with van der Waals surface area (Å²) in [5.41, 5.74) is 0. The first-order valence-electron chi connectivity index (χ1n) is 4.35. The Bertz CT molecular complexity index is 343. The van der Waals surface area contributed by atoms with Crippen LogP contribution in [0.5, 0.6) is 0 Å². The van der Waals surface area contributed by atoms with Crippen molar-refractivity contribution in [3.8, 4) is 0 Å². The van der Waals surface area contributed by atoms with Crippen molar-refractivity contribution in [2.45, 2.75) is 12.8 Å². The zero-order valence-electron chi connectivity index (χ0n) is 10.4. The SMILES string of the molecule is O=S(=O)(O)CCCSSCCCS(=O)(=O)O.[Na+].[Na+]. The minimum Gasteiger partial charge on any atom is -0.286 e. The molecule has 98 valence electrons. The third kappa shape index (κ3) is 23.6. The summed E-state index contributed by atoms with van der Waals surface area (Å²) in [6, 6.07) is 0. The molecule has 0 atom stereocenters. The van der Waals surface area contributed by atoms with E-state index in [9.17, 15) is 16.8 Å². The van der Waals surface area contributed by atoms with Gasteiger partial charge in [0.25, 0.3) is 20.2 Å². The van der Waals surface area contributed by atoms with E-state index in [0.717, 1.165) is 0 Å². The molecule has 0 fully saturated rings. The first-order chi connectivity index (χ1) is 7.21. The summed E-state index contributed by atoms with van der Waals surface area (Å²) in [7, 11) is -4.93. The summed E-state index contributed by atoms with van der Waals surface area (Å²) < 4.78 is 58.1. The Balaban J connectivity index is -0.00000112. The zero-order chi connectivity index (χ0) is 12.7. The van der Waals surface area contributed by atoms with Gasteiger partial charge in [0.2, 0.25) is 0 Å². The van der Waals surface area contributed by atoms with Gasteiger partial charge >= 0.3 is 59.1 Å². The largest absolute Gasteiger partial charge is 1.00 e. The quantitative estimate of drug-likeness (QED) is 0.183. The van der Waals surface area contributed by atoms with Gasteiger partial charge < -0.3 is 0 Å². The standard InChI is InChI=1S/C6H14O6S4.2Na/c7-15(8,9)5-1-3-13-14-4-2-6-16(10,11)12;;/h1-6H2,(H,7,8,9)(H,10,11,12);;/q;2*+1. The second kappa shape index (κ2) is 13.2. The van der Waals surface area contributed by atoms with Crippen LogP contribution in [0.15, 0.2) is 0 Å². The molecule has 0 spiro atoms. The first kappa shape index (κ1) is 25.5. The van der Waals surface area contributed by atoms with Gasteiger partial charge in [-0.2, -0.15) is 16.8 Å². The van der Waals surface area contributed by atoms with Gasteiger partial charge in [0.15, 0.2) is 0 Å². The van der Waals surface area contributed by atoms with Crippen molar-refractivity contribution in [1.82, 2.24) is 0 Å². The Labute approximate surface area is 160 Å². The van der Waals surface area contributed by atoms with E-state index in [1.807, 2.05) is 0 Å². The van der Waals surface area contributed by atoms with E-state index in [1.165, 1.54) is 21.6 Å².